The molecule has 2 rings (SSSR count). The molecule has 1 aliphatic rings. The van der Waals surface area contributed by atoms with Crippen LogP contribution >= 0.6 is 23.2 Å². The van der Waals surface area contributed by atoms with Gasteiger partial charge in [0.15, 0.2) is 0 Å². The molecule has 21 heavy (non-hydrogen) atoms. The number of nitrogens with zero attached hydrogens (tertiary/aromatic N) is 1. The van der Waals surface area contributed by atoms with Crippen LogP contribution in [0.25, 0.3) is 0 Å². The molecule has 1 aliphatic heterocycles. The molecule has 1 aromatic carbocycles. The molecule has 1 heterocycles. The third-order valence-corrected chi connectivity index (χ3v) is 4.23. The highest BCUT2D eigenvalue weighted by molar-refractivity contribution is 6.42. The number of ether oxygens (including phenoxy) is 1. The Hall–Kier alpha value is -0.970. The van der Waals surface area contributed by atoms with E-state index >= 15 is 0 Å². The number of hydrogen-bond acceptors (Lipinski definition) is 2. The lowest BCUT2D eigenvalue weighted by Crippen LogP contribution is -2.52. The summed E-state index contributed by atoms with van der Waals surface area (Å²) in [7, 11) is 0. The second-order valence-electron chi connectivity index (χ2n) is 5.51. The Balaban J connectivity index is 1.99. The Morgan fingerprint density at radius 2 is 1.90 bits per heavy atom. The van der Waals surface area contributed by atoms with Crippen LogP contribution in [0.5, 0.6) is 0 Å². The van der Waals surface area contributed by atoms with E-state index in [4.69, 9.17) is 27.9 Å². The van der Waals surface area contributed by atoms with Crippen LogP contribution in [-0.2, 0) is 4.74 Å². The summed E-state index contributed by atoms with van der Waals surface area (Å²) in [6.07, 6.45) is 0.111. The van der Waals surface area contributed by atoms with Crippen LogP contribution in [0.2, 0.25) is 10.0 Å². The Morgan fingerprint density at radius 1 is 1.29 bits per heavy atom. The predicted octanol–water partition coefficient (Wildman–Crippen LogP) is 3.87. The number of morpholine rings is 1. The number of nitrogens with one attached hydrogen (secondary N) is 1. The van der Waals surface area contributed by atoms with Crippen molar-refractivity contribution in [1.29, 1.82) is 0 Å². The number of hydrogen-bond donors (Lipinski definition) is 1. The first kappa shape index (κ1) is 16.4. The molecule has 0 spiro atoms. The third-order valence-electron chi connectivity index (χ3n) is 3.49. The van der Waals surface area contributed by atoms with Crippen molar-refractivity contribution in [3.05, 3.63) is 33.8 Å². The standard InChI is InChI=1S/C15H20Cl2N2O2/c1-9-7-19(8-10(2)21-9)15(20)18-11(3)12-4-5-13(16)14(17)6-12/h4-6,9-11H,7-8H2,1-3H3,(H,18,20). The summed E-state index contributed by atoms with van der Waals surface area (Å²) in [6.45, 7) is 7.07. The molecule has 6 heteroatoms. The Labute approximate surface area is 135 Å². The number of amides is 2. The summed E-state index contributed by atoms with van der Waals surface area (Å²) >= 11 is 11.9. The minimum atomic E-state index is -0.138. The number of urea groups is 1. The van der Waals surface area contributed by atoms with E-state index in [1.165, 1.54) is 0 Å². The number of carbonyl (C=O) groups is 1. The van der Waals surface area contributed by atoms with Crippen molar-refractivity contribution in [2.24, 2.45) is 0 Å². The summed E-state index contributed by atoms with van der Waals surface area (Å²) in [5.74, 6) is 0. The number of rotatable bonds is 2. The van der Waals surface area contributed by atoms with Gasteiger partial charge < -0.3 is 15.0 Å². The van der Waals surface area contributed by atoms with Crippen LogP contribution in [-0.4, -0.2) is 36.2 Å². The fraction of sp³-hybridized carbons (Fsp3) is 0.533. The van der Waals surface area contributed by atoms with Gasteiger partial charge in [-0.3, -0.25) is 0 Å². The molecule has 0 aromatic heterocycles. The van der Waals surface area contributed by atoms with E-state index in [-0.39, 0.29) is 24.3 Å². The first-order chi connectivity index (χ1) is 9.86. The van der Waals surface area contributed by atoms with Gasteiger partial charge in [0.2, 0.25) is 0 Å². The third kappa shape index (κ3) is 4.25. The molecule has 1 saturated heterocycles. The molecule has 116 valence electrons. The smallest absolute Gasteiger partial charge is 0.318 e. The summed E-state index contributed by atoms with van der Waals surface area (Å²) in [6, 6.07) is 5.15. The van der Waals surface area contributed by atoms with E-state index in [1.54, 1.807) is 17.0 Å². The average molecular weight is 331 g/mol. The second-order valence-corrected chi connectivity index (χ2v) is 6.32. The van der Waals surface area contributed by atoms with Gasteiger partial charge in [0, 0.05) is 13.1 Å². The van der Waals surface area contributed by atoms with Crippen LogP contribution in [0.4, 0.5) is 4.79 Å². The average Bonchev–Trinajstić information content (AvgIpc) is 2.40. The monoisotopic (exact) mass is 330 g/mol. The zero-order valence-corrected chi connectivity index (χ0v) is 13.9. The van der Waals surface area contributed by atoms with Gasteiger partial charge in [-0.05, 0) is 38.5 Å². The Kier molecular flexibility index (Phi) is 5.36. The molecule has 4 nitrogen and oxygen atoms in total. The van der Waals surface area contributed by atoms with Crippen molar-refractivity contribution in [3.63, 3.8) is 0 Å². The van der Waals surface area contributed by atoms with Crippen molar-refractivity contribution < 1.29 is 9.53 Å². The van der Waals surface area contributed by atoms with E-state index in [9.17, 15) is 4.79 Å². The van der Waals surface area contributed by atoms with Gasteiger partial charge in [-0.2, -0.15) is 0 Å². The van der Waals surface area contributed by atoms with E-state index in [0.29, 0.717) is 23.1 Å². The fourth-order valence-corrected chi connectivity index (χ4v) is 2.79. The Bertz CT molecular complexity index is 514. The molecular weight excluding hydrogens is 311 g/mol. The number of carbonyl (C=O) groups excluding carboxylic acids is 1. The first-order valence-electron chi connectivity index (χ1n) is 7.02. The molecule has 1 aromatic rings. The lowest BCUT2D eigenvalue weighted by molar-refractivity contribution is -0.0547. The molecule has 0 saturated carbocycles. The fourth-order valence-electron chi connectivity index (χ4n) is 2.49. The molecule has 3 unspecified atom stereocenters. The van der Waals surface area contributed by atoms with Gasteiger partial charge in [0.1, 0.15) is 0 Å². The molecule has 3 atom stereocenters. The SMILES string of the molecule is CC1CN(C(=O)NC(C)c2ccc(Cl)c(Cl)c2)CC(C)O1. The molecule has 1 fully saturated rings. The summed E-state index contributed by atoms with van der Waals surface area (Å²) < 4.78 is 5.63. The van der Waals surface area contributed by atoms with Gasteiger partial charge >= 0.3 is 6.03 Å². The number of halogens is 2. The maximum Gasteiger partial charge on any atom is 0.318 e. The van der Waals surface area contributed by atoms with Crippen LogP contribution in [0.15, 0.2) is 18.2 Å². The van der Waals surface area contributed by atoms with Crippen LogP contribution in [0.3, 0.4) is 0 Å². The molecule has 2 amide bonds. The van der Waals surface area contributed by atoms with E-state index in [1.807, 2.05) is 26.8 Å². The molecular formula is C15H20Cl2N2O2. The van der Waals surface area contributed by atoms with E-state index in [2.05, 4.69) is 5.32 Å². The normalized spacial score (nSPS) is 23.8. The van der Waals surface area contributed by atoms with E-state index < -0.39 is 0 Å². The first-order valence-corrected chi connectivity index (χ1v) is 7.78. The maximum atomic E-state index is 12.3. The highest BCUT2D eigenvalue weighted by Gasteiger charge is 2.26. The lowest BCUT2D eigenvalue weighted by atomic mass is 10.1. The molecule has 0 radical (unpaired) electrons. The topological polar surface area (TPSA) is 41.6 Å². The highest BCUT2D eigenvalue weighted by Crippen LogP contribution is 2.25. The maximum absolute atomic E-state index is 12.3. The zero-order chi connectivity index (χ0) is 15.6. The molecule has 0 bridgehead atoms. The van der Waals surface area contributed by atoms with Gasteiger partial charge in [0.05, 0.1) is 28.3 Å². The van der Waals surface area contributed by atoms with Crippen molar-refractivity contribution in [1.82, 2.24) is 10.2 Å². The van der Waals surface area contributed by atoms with Crippen LogP contribution < -0.4 is 5.32 Å². The number of benzene rings is 1. The quantitative estimate of drug-likeness (QED) is 0.894. The van der Waals surface area contributed by atoms with Crippen molar-refractivity contribution in [2.75, 3.05) is 13.1 Å². The van der Waals surface area contributed by atoms with Gasteiger partial charge in [-0.25, -0.2) is 4.79 Å². The summed E-state index contributed by atoms with van der Waals surface area (Å²) in [5, 5.41) is 3.98. The van der Waals surface area contributed by atoms with Crippen molar-refractivity contribution in [2.45, 2.75) is 39.0 Å². The Morgan fingerprint density at radius 3 is 2.48 bits per heavy atom. The van der Waals surface area contributed by atoms with Crippen LogP contribution in [0.1, 0.15) is 32.4 Å². The summed E-state index contributed by atoms with van der Waals surface area (Å²) in [4.78, 5) is 14.1. The minimum Gasteiger partial charge on any atom is -0.372 e. The minimum absolute atomic E-state index is 0.0554. The summed E-state index contributed by atoms with van der Waals surface area (Å²) in [5.41, 5.74) is 0.923. The van der Waals surface area contributed by atoms with Crippen molar-refractivity contribution >= 4 is 29.2 Å². The second kappa shape index (κ2) is 6.86. The van der Waals surface area contributed by atoms with Gasteiger partial charge in [-0.15, -0.1) is 0 Å². The van der Waals surface area contributed by atoms with Gasteiger partial charge in [0.25, 0.3) is 0 Å². The largest absolute Gasteiger partial charge is 0.372 e. The molecule has 0 aliphatic carbocycles. The van der Waals surface area contributed by atoms with Crippen LogP contribution in [0, 0.1) is 0 Å². The van der Waals surface area contributed by atoms with E-state index in [0.717, 1.165) is 5.56 Å². The van der Waals surface area contributed by atoms with Crippen molar-refractivity contribution in [3.8, 4) is 0 Å². The van der Waals surface area contributed by atoms with Gasteiger partial charge in [-0.1, -0.05) is 29.3 Å². The zero-order valence-electron chi connectivity index (χ0n) is 12.4. The predicted molar refractivity (Wildman–Crippen MR) is 85.0 cm³/mol. The molecule has 1 N–H and O–H groups in total. The highest BCUT2D eigenvalue weighted by atomic mass is 35.5. The lowest BCUT2D eigenvalue weighted by Gasteiger charge is -2.35.